The Morgan fingerprint density at radius 3 is 2.16 bits per heavy atom. The Bertz CT molecular complexity index is 573. The smallest absolute Gasteiger partial charge is 0.251 e. The third-order valence-electron chi connectivity index (χ3n) is 2.61. The fourth-order valence-electron chi connectivity index (χ4n) is 1.76. The molecule has 1 aromatic heterocycles. The van der Waals surface area contributed by atoms with Crippen LogP contribution in [0.15, 0.2) is 30.3 Å². The van der Waals surface area contributed by atoms with Crippen LogP contribution in [0.4, 0.5) is 11.6 Å². The number of hydrogen-bond donors (Lipinski definition) is 2. The van der Waals surface area contributed by atoms with E-state index < -0.39 is 0 Å². The molecule has 5 nitrogen and oxygen atoms in total. The molecule has 0 atom stereocenters. The van der Waals surface area contributed by atoms with Crippen LogP contribution >= 0.6 is 0 Å². The number of aromatic nitrogens is 2. The fourth-order valence-corrected chi connectivity index (χ4v) is 1.76. The number of rotatable bonds is 3. The van der Waals surface area contributed by atoms with Crippen LogP contribution in [-0.4, -0.2) is 22.9 Å². The van der Waals surface area contributed by atoms with Gasteiger partial charge in [0.15, 0.2) is 0 Å². The molecule has 0 spiro atoms. The van der Waals surface area contributed by atoms with E-state index in [-0.39, 0.29) is 5.91 Å². The maximum atomic E-state index is 11.4. The standard InChI is InChI=1S/C14H16N4O/c1-9-8-10(2)17-14(16-9)18-12-6-4-11(5-7-12)13(19)15-3/h4-8H,1-3H3,(H,15,19)(H,16,17,18). The fraction of sp³-hybridized carbons (Fsp3) is 0.214. The number of aryl methyl sites for hydroxylation is 2. The molecular formula is C14H16N4O. The third kappa shape index (κ3) is 3.28. The summed E-state index contributed by atoms with van der Waals surface area (Å²) < 4.78 is 0. The summed E-state index contributed by atoms with van der Waals surface area (Å²) >= 11 is 0. The normalized spacial score (nSPS) is 10.1. The summed E-state index contributed by atoms with van der Waals surface area (Å²) in [6.45, 7) is 3.85. The molecule has 1 heterocycles. The lowest BCUT2D eigenvalue weighted by Gasteiger charge is -2.07. The predicted molar refractivity (Wildman–Crippen MR) is 74.6 cm³/mol. The summed E-state index contributed by atoms with van der Waals surface area (Å²) in [5, 5.41) is 5.70. The zero-order valence-electron chi connectivity index (χ0n) is 11.2. The highest BCUT2D eigenvalue weighted by Crippen LogP contribution is 2.14. The average molecular weight is 256 g/mol. The van der Waals surface area contributed by atoms with Gasteiger partial charge in [-0.3, -0.25) is 4.79 Å². The van der Waals surface area contributed by atoms with Gasteiger partial charge in [0.25, 0.3) is 5.91 Å². The van der Waals surface area contributed by atoms with E-state index in [1.54, 1.807) is 19.2 Å². The van der Waals surface area contributed by atoms with Crippen LogP contribution in [0.2, 0.25) is 0 Å². The lowest BCUT2D eigenvalue weighted by atomic mass is 10.2. The number of hydrogen-bond acceptors (Lipinski definition) is 4. The Hall–Kier alpha value is -2.43. The SMILES string of the molecule is CNC(=O)c1ccc(Nc2nc(C)cc(C)n2)cc1. The molecule has 0 aliphatic carbocycles. The van der Waals surface area contributed by atoms with Gasteiger partial charge in [0.1, 0.15) is 0 Å². The van der Waals surface area contributed by atoms with Crippen LogP contribution in [0.1, 0.15) is 21.7 Å². The summed E-state index contributed by atoms with van der Waals surface area (Å²) in [6.07, 6.45) is 0. The number of carbonyl (C=O) groups is 1. The van der Waals surface area contributed by atoms with Crippen molar-refractivity contribution in [3.05, 3.63) is 47.3 Å². The Morgan fingerprint density at radius 1 is 1.05 bits per heavy atom. The van der Waals surface area contributed by atoms with Crippen molar-refractivity contribution >= 4 is 17.5 Å². The van der Waals surface area contributed by atoms with Crippen molar-refractivity contribution in [2.45, 2.75) is 13.8 Å². The van der Waals surface area contributed by atoms with Crippen LogP contribution in [0.3, 0.4) is 0 Å². The van der Waals surface area contributed by atoms with Crippen molar-refractivity contribution in [3.8, 4) is 0 Å². The third-order valence-corrected chi connectivity index (χ3v) is 2.61. The highest BCUT2D eigenvalue weighted by molar-refractivity contribution is 5.94. The van der Waals surface area contributed by atoms with E-state index in [0.29, 0.717) is 11.5 Å². The monoisotopic (exact) mass is 256 g/mol. The van der Waals surface area contributed by atoms with Crippen LogP contribution in [0.25, 0.3) is 0 Å². The van der Waals surface area contributed by atoms with Gasteiger partial charge in [-0.1, -0.05) is 0 Å². The first-order chi connectivity index (χ1) is 9.08. The Morgan fingerprint density at radius 2 is 1.63 bits per heavy atom. The van der Waals surface area contributed by atoms with Gasteiger partial charge in [0.2, 0.25) is 5.95 Å². The first-order valence-electron chi connectivity index (χ1n) is 6.00. The highest BCUT2D eigenvalue weighted by Gasteiger charge is 2.04. The molecule has 0 bridgehead atoms. The van der Waals surface area contributed by atoms with Gasteiger partial charge < -0.3 is 10.6 Å². The first-order valence-corrected chi connectivity index (χ1v) is 6.00. The molecule has 1 amide bonds. The molecule has 0 unspecified atom stereocenters. The average Bonchev–Trinajstić information content (AvgIpc) is 2.37. The maximum Gasteiger partial charge on any atom is 0.251 e. The number of nitrogens with zero attached hydrogens (tertiary/aromatic N) is 2. The zero-order valence-corrected chi connectivity index (χ0v) is 11.2. The van der Waals surface area contributed by atoms with Gasteiger partial charge in [-0.05, 0) is 44.2 Å². The quantitative estimate of drug-likeness (QED) is 0.883. The van der Waals surface area contributed by atoms with E-state index in [0.717, 1.165) is 17.1 Å². The molecule has 19 heavy (non-hydrogen) atoms. The molecule has 0 radical (unpaired) electrons. The number of benzene rings is 1. The van der Waals surface area contributed by atoms with Crippen molar-refractivity contribution in [3.63, 3.8) is 0 Å². The van der Waals surface area contributed by atoms with Gasteiger partial charge >= 0.3 is 0 Å². The van der Waals surface area contributed by atoms with Gasteiger partial charge in [-0.2, -0.15) is 0 Å². The van der Waals surface area contributed by atoms with E-state index in [1.807, 2.05) is 32.0 Å². The van der Waals surface area contributed by atoms with E-state index in [1.165, 1.54) is 0 Å². The van der Waals surface area contributed by atoms with E-state index in [2.05, 4.69) is 20.6 Å². The molecule has 0 saturated heterocycles. The minimum atomic E-state index is -0.103. The van der Waals surface area contributed by atoms with Crippen molar-refractivity contribution in [1.29, 1.82) is 0 Å². The molecule has 0 fully saturated rings. The summed E-state index contributed by atoms with van der Waals surface area (Å²) in [7, 11) is 1.61. The number of carbonyl (C=O) groups excluding carboxylic acids is 1. The zero-order chi connectivity index (χ0) is 13.8. The molecule has 0 aliphatic rings. The molecular weight excluding hydrogens is 240 g/mol. The summed E-state index contributed by atoms with van der Waals surface area (Å²) in [6, 6.07) is 9.07. The van der Waals surface area contributed by atoms with Crippen LogP contribution in [-0.2, 0) is 0 Å². The molecule has 2 rings (SSSR count). The van der Waals surface area contributed by atoms with Crippen molar-refractivity contribution in [1.82, 2.24) is 15.3 Å². The number of anilines is 2. The molecule has 0 aliphatic heterocycles. The van der Waals surface area contributed by atoms with Gasteiger partial charge in [-0.15, -0.1) is 0 Å². The second-order valence-corrected chi connectivity index (χ2v) is 4.26. The molecule has 1 aromatic carbocycles. The first kappa shape index (κ1) is 13.0. The molecule has 2 N–H and O–H groups in total. The molecule has 2 aromatic rings. The lowest BCUT2D eigenvalue weighted by molar-refractivity contribution is 0.0963. The van der Waals surface area contributed by atoms with Crippen LogP contribution in [0.5, 0.6) is 0 Å². The minimum Gasteiger partial charge on any atom is -0.355 e. The highest BCUT2D eigenvalue weighted by atomic mass is 16.1. The van der Waals surface area contributed by atoms with Crippen molar-refractivity contribution in [2.75, 3.05) is 12.4 Å². The topological polar surface area (TPSA) is 66.9 Å². The second kappa shape index (κ2) is 5.48. The molecule has 5 heteroatoms. The summed E-state index contributed by atoms with van der Waals surface area (Å²) in [5.41, 5.74) is 3.29. The minimum absolute atomic E-state index is 0.103. The maximum absolute atomic E-state index is 11.4. The van der Waals surface area contributed by atoms with Gasteiger partial charge in [0, 0.05) is 29.7 Å². The van der Waals surface area contributed by atoms with Gasteiger partial charge in [-0.25, -0.2) is 9.97 Å². The largest absolute Gasteiger partial charge is 0.355 e. The number of nitrogens with one attached hydrogen (secondary N) is 2. The van der Waals surface area contributed by atoms with E-state index >= 15 is 0 Å². The van der Waals surface area contributed by atoms with Crippen molar-refractivity contribution in [2.24, 2.45) is 0 Å². The predicted octanol–water partition coefficient (Wildman–Crippen LogP) is 2.20. The molecule has 0 saturated carbocycles. The summed E-state index contributed by atoms with van der Waals surface area (Å²) in [4.78, 5) is 20.0. The second-order valence-electron chi connectivity index (χ2n) is 4.26. The van der Waals surface area contributed by atoms with Gasteiger partial charge in [0.05, 0.1) is 0 Å². The Labute approximate surface area is 112 Å². The number of amides is 1. The summed E-state index contributed by atoms with van der Waals surface area (Å²) in [5.74, 6) is 0.458. The molecule has 98 valence electrons. The Kier molecular flexibility index (Phi) is 3.75. The lowest BCUT2D eigenvalue weighted by Crippen LogP contribution is -2.17. The Balaban J connectivity index is 2.17. The van der Waals surface area contributed by atoms with Crippen molar-refractivity contribution < 1.29 is 4.79 Å². The van der Waals surface area contributed by atoms with Crippen LogP contribution < -0.4 is 10.6 Å². The van der Waals surface area contributed by atoms with Crippen LogP contribution in [0, 0.1) is 13.8 Å². The van der Waals surface area contributed by atoms with E-state index in [9.17, 15) is 4.79 Å². The van der Waals surface area contributed by atoms with E-state index in [4.69, 9.17) is 0 Å².